The van der Waals surface area contributed by atoms with E-state index in [1.54, 1.807) is 6.07 Å². The molecule has 2 aromatic rings. The summed E-state index contributed by atoms with van der Waals surface area (Å²) in [6.45, 7) is 3.38. The second kappa shape index (κ2) is 7.88. The van der Waals surface area contributed by atoms with Crippen molar-refractivity contribution in [2.24, 2.45) is 4.99 Å². The lowest BCUT2D eigenvalue weighted by Gasteiger charge is -2.26. The minimum Gasteiger partial charge on any atom is -0.508 e. The van der Waals surface area contributed by atoms with Gasteiger partial charge in [-0.3, -0.25) is 9.89 Å². The number of aliphatic imine (C=N–C) groups is 1. The molecule has 2 aliphatic rings. The molecule has 2 aliphatic heterocycles. The zero-order valence-electron chi connectivity index (χ0n) is 15.1. The van der Waals surface area contributed by atoms with Gasteiger partial charge in [-0.25, -0.2) is 0 Å². The average Bonchev–Trinajstić information content (AvgIpc) is 3.08. The molecule has 0 radical (unpaired) electrons. The number of aromatic hydroxyl groups is 1. The highest BCUT2D eigenvalue weighted by atomic mass is 16.3. The van der Waals surface area contributed by atoms with Crippen molar-refractivity contribution in [1.29, 1.82) is 0 Å². The Morgan fingerprint density at radius 1 is 1.08 bits per heavy atom. The van der Waals surface area contributed by atoms with Crippen LogP contribution < -0.4 is 0 Å². The van der Waals surface area contributed by atoms with E-state index in [0.29, 0.717) is 11.7 Å². The molecular formula is C23H26N2O. The Hall–Kier alpha value is -2.39. The smallest absolute Gasteiger partial charge is 0.116 e. The van der Waals surface area contributed by atoms with Gasteiger partial charge < -0.3 is 5.11 Å². The Morgan fingerprint density at radius 2 is 1.96 bits per heavy atom. The first-order valence-electron chi connectivity index (χ1n) is 9.63. The summed E-state index contributed by atoms with van der Waals surface area (Å²) in [5.41, 5.74) is 5.05. The highest BCUT2D eigenvalue weighted by Crippen LogP contribution is 2.37. The first kappa shape index (κ1) is 17.0. The Labute approximate surface area is 155 Å². The van der Waals surface area contributed by atoms with E-state index in [2.05, 4.69) is 46.3 Å². The van der Waals surface area contributed by atoms with Crippen LogP contribution in [0.5, 0.6) is 5.75 Å². The molecule has 1 atom stereocenters. The largest absolute Gasteiger partial charge is 0.508 e. The Kier molecular flexibility index (Phi) is 5.16. The number of nitrogens with zero attached hydrogens (tertiary/aromatic N) is 2. The SMILES string of the molecule is Oc1ccc2c(c1)C(CCCCN1CC=C(c3ccccc3)CC1)C=N2. The number of hydrogen-bond donors (Lipinski definition) is 1. The zero-order chi connectivity index (χ0) is 17.8. The highest BCUT2D eigenvalue weighted by molar-refractivity contribution is 5.81. The molecule has 1 N–H and O–H groups in total. The molecule has 0 aliphatic carbocycles. The summed E-state index contributed by atoms with van der Waals surface area (Å²) in [6, 6.07) is 16.2. The summed E-state index contributed by atoms with van der Waals surface area (Å²) < 4.78 is 0. The lowest BCUT2D eigenvalue weighted by molar-refractivity contribution is 0.293. The zero-order valence-corrected chi connectivity index (χ0v) is 15.1. The van der Waals surface area contributed by atoms with E-state index in [0.717, 1.165) is 38.2 Å². The van der Waals surface area contributed by atoms with E-state index in [9.17, 15) is 5.11 Å². The number of unbranched alkanes of at least 4 members (excludes halogenated alkanes) is 1. The normalized spacial score (nSPS) is 19.4. The van der Waals surface area contributed by atoms with Gasteiger partial charge in [0.15, 0.2) is 0 Å². The van der Waals surface area contributed by atoms with E-state index in [4.69, 9.17) is 0 Å². The highest BCUT2D eigenvalue weighted by Gasteiger charge is 2.19. The van der Waals surface area contributed by atoms with Crippen molar-refractivity contribution < 1.29 is 5.11 Å². The van der Waals surface area contributed by atoms with Crippen molar-refractivity contribution in [2.75, 3.05) is 19.6 Å². The molecule has 2 aromatic carbocycles. The number of fused-ring (bicyclic) bond motifs is 1. The summed E-state index contributed by atoms with van der Waals surface area (Å²) in [6.07, 6.45) is 9.09. The predicted octanol–water partition coefficient (Wildman–Crippen LogP) is 5.15. The third-order valence-electron chi connectivity index (χ3n) is 5.48. The maximum absolute atomic E-state index is 9.69. The van der Waals surface area contributed by atoms with Crippen LogP contribution in [0.1, 0.15) is 42.7 Å². The van der Waals surface area contributed by atoms with Gasteiger partial charge in [0.2, 0.25) is 0 Å². The Balaban J connectivity index is 1.22. The molecule has 134 valence electrons. The fourth-order valence-corrected chi connectivity index (χ4v) is 3.97. The molecule has 0 amide bonds. The molecule has 0 spiro atoms. The summed E-state index contributed by atoms with van der Waals surface area (Å²) in [5, 5.41) is 9.69. The lowest BCUT2D eigenvalue weighted by Crippen LogP contribution is -2.29. The van der Waals surface area contributed by atoms with Crippen LogP contribution in [0.15, 0.2) is 59.6 Å². The molecule has 26 heavy (non-hydrogen) atoms. The maximum atomic E-state index is 9.69. The quantitative estimate of drug-likeness (QED) is 0.734. The topological polar surface area (TPSA) is 35.8 Å². The van der Waals surface area contributed by atoms with E-state index >= 15 is 0 Å². The van der Waals surface area contributed by atoms with Crippen molar-refractivity contribution in [1.82, 2.24) is 4.90 Å². The van der Waals surface area contributed by atoms with Crippen molar-refractivity contribution >= 4 is 17.5 Å². The van der Waals surface area contributed by atoms with Gasteiger partial charge in [0.1, 0.15) is 5.75 Å². The standard InChI is InChI=1S/C23H26N2O/c26-21-9-10-23-22(16-21)20(17-24-23)8-4-5-13-25-14-11-19(12-15-25)18-6-2-1-3-7-18/h1-3,6-7,9-11,16-17,20,26H,4-5,8,12-15H2. The van der Waals surface area contributed by atoms with Crippen LogP contribution in [0, 0.1) is 0 Å². The number of hydrogen-bond acceptors (Lipinski definition) is 3. The number of phenols is 1. The second-order valence-electron chi connectivity index (χ2n) is 7.27. The van der Waals surface area contributed by atoms with E-state index in [1.807, 2.05) is 18.3 Å². The summed E-state index contributed by atoms with van der Waals surface area (Å²) in [4.78, 5) is 7.02. The van der Waals surface area contributed by atoms with Crippen LogP contribution >= 0.6 is 0 Å². The molecule has 0 saturated heterocycles. The van der Waals surface area contributed by atoms with Crippen LogP contribution in [0.25, 0.3) is 5.57 Å². The fourth-order valence-electron chi connectivity index (χ4n) is 3.97. The summed E-state index contributed by atoms with van der Waals surface area (Å²) >= 11 is 0. The van der Waals surface area contributed by atoms with Crippen molar-refractivity contribution in [3.8, 4) is 5.75 Å². The van der Waals surface area contributed by atoms with Gasteiger partial charge in [-0.1, -0.05) is 42.8 Å². The lowest BCUT2D eigenvalue weighted by atomic mass is 9.95. The Bertz CT molecular complexity index is 810. The number of phenolic OH excluding ortho intramolecular Hbond substituents is 1. The molecular weight excluding hydrogens is 320 g/mol. The first-order chi connectivity index (χ1) is 12.8. The molecule has 0 saturated carbocycles. The van der Waals surface area contributed by atoms with Crippen LogP contribution in [0.4, 0.5) is 5.69 Å². The van der Waals surface area contributed by atoms with Gasteiger partial charge in [0.05, 0.1) is 5.69 Å². The van der Waals surface area contributed by atoms with E-state index < -0.39 is 0 Å². The van der Waals surface area contributed by atoms with Gasteiger partial charge in [0, 0.05) is 25.2 Å². The van der Waals surface area contributed by atoms with Gasteiger partial charge in [-0.15, -0.1) is 0 Å². The van der Waals surface area contributed by atoms with Gasteiger partial charge in [-0.2, -0.15) is 0 Å². The molecule has 2 heterocycles. The van der Waals surface area contributed by atoms with Crippen molar-refractivity contribution in [3.63, 3.8) is 0 Å². The minimum atomic E-state index is 0.341. The van der Waals surface area contributed by atoms with Gasteiger partial charge >= 0.3 is 0 Å². The van der Waals surface area contributed by atoms with Crippen LogP contribution in [-0.4, -0.2) is 35.9 Å². The summed E-state index contributed by atoms with van der Waals surface area (Å²) in [5.74, 6) is 0.705. The third-order valence-corrected chi connectivity index (χ3v) is 5.48. The molecule has 4 rings (SSSR count). The van der Waals surface area contributed by atoms with Crippen LogP contribution in [0.2, 0.25) is 0 Å². The predicted molar refractivity (Wildman–Crippen MR) is 108 cm³/mol. The maximum Gasteiger partial charge on any atom is 0.116 e. The molecule has 3 nitrogen and oxygen atoms in total. The van der Waals surface area contributed by atoms with E-state index in [-0.39, 0.29) is 0 Å². The van der Waals surface area contributed by atoms with Gasteiger partial charge in [0.25, 0.3) is 0 Å². The molecule has 1 unspecified atom stereocenters. The Morgan fingerprint density at radius 3 is 2.77 bits per heavy atom. The monoisotopic (exact) mass is 346 g/mol. The van der Waals surface area contributed by atoms with Crippen LogP contribution in [-0.2, 0) is 0 Å². The van der Waals surface area contributed by atoms with Crippen LogP contribution in [0.3, 0.4) is 0 Å². The second-order valence-corrected chi connectivity index (χ2v) is 7.27. The van der Waals surface area contributed by atoms with Gasteiger partial charge in [-0.05, 0) is 60.7 Å². The molecule has 0 fully saturated rings. The molecule has 3 heteroatoms. The minimum absolute atomic E-state index is 0.341. The molecule has 0 bridgehead atoms. The van der Waals surface area contributed by atoms with E-state index in [1.165, 1.54) is 29.5 Å². The first-order valence-corrected chi connectivity index (χ1v) is 9.63. The van der Waals surface area contributed by atoms with Crippen molar-refractivity contribution in [3.05, 3.63) is 65.7 Å². The molecule has 0 aromatic heterocycles. The third kappa shape index (κ3) is 3.88. The average molecular weight is 346 g/mol. The fraction of sp³-hybridized carbons (Fsp3) is 0.348. The van der Waals surface area contributed by atoms with Crippen molar-refractivity contribution in [2.45, 2.75) is 31.6 Å². The summed E-state index contributed by atoms with van der Waals surface area (Å²) in [7, 11) is 0. The number of benzene rings is 2. The number of rotatable bonds is 6.